The maximum atomic E-state index is 12.6. The first kappa shape index (κ1) is 17.7. The first-order valence-electron chi connectivity index (χ1n) is 8.69. The molecule has 0 fully saturated rings. The van der Waals surface area contributed by atoms with Crippen LogP contribution < -0.4 is 5.32 Å². The van der Waals surface area contributed by atoms with Crippen LogP contribution in [0.25, 0.3) is 0 Å². The molecule has 0 aliphatic carbocycles. The SMILES string of the molecule is COCCNC(=O)[C@@H]1CN(Cc2cc(C)nn2C)Cc2cccn2C1. The molecule has 1 aliphatic heterocycles. The summed E-state index contributed by atoms with van der Waals surface area (Å²) in [5.41, 5.74) is 3.42. The highest BCUT2D eigenvalue weighted by molar-refractivity contribution is 5.78. The number of carbonyl (C=O) groups excluding carboxylic acids is 1. The standard InChI is InChI=1S/C18H27N5O2/c1-14-9-17(21(2)20-14)13-22-10-15(18(24)19-6-8-25-3)11-23-7-4-5-16(23)12-22/h4-5,7,9,15H,6,8,10-13H2,1-3H3,(H,19,24)/t15-/m1/s1. The Labute approximate surface area is 148 Å². The van der Waals surface area contributed by atoms with E-state index >= 15 is 0 Å². The molecule has 1 N–H and O–H groups in total. The fraction of sp³-hybridized carbons (Fsp3) is 0.556. The van der Waals surface area contributed by atoms with Gasteiger partial charge in [-0.15, -0.1) is 0 Å². The van der Waals surface area contributed by atoms with Crippen molar-refractivity contribution in [3.05, 3.63) is 41.5 Å². The van der Waals surface area contributed by atoms with Crippen LogP contribution in [0.2, 0.25) is 0 Å². The van der Waals surface area contributed by atoms with Gasteiger partial charge in [-0.1, -0.05) is 0 Å². The zero-order valence-electron chi connectivity index (χ0n) is 15.2. The second-order valence-electron chi connectivity index (χ2n) is 6.70. The van der Waals surface area contributed by atoms with E-state index in [1.54, 1.807) is 7.11 Å². The largest absolute Gasteiger partial charge is 0.383 e. The van der Waals surface area contributed by atoms with Gasteiger partial charge in [-0.2, -0.15) is 5.10 Å². The predicted octanol–water partition coefficient (Wildman–Crippen LogP) is 0.925. The van der Waals surface area contributed by atoms with Gasteiger partial charge in [0.25, 0.3) is 0 Å². The molecule has 0 radical (unpaired) electrons. The highest BCUT2D eigenvalue weighted by Crippen LogP contribution is 2.19. The Morgan fingerprint density at radius 3 is 3.00 bits per heavy atom. The Hall–Kier alpha value is -2.12. The minimum absolute atomic E-state index is 0.0835. The van der Waals surface area contributed by atoms with Gasteiger partial charge in [0.2, 0.25) is 5.91 Å². The van der Waals surface area contributed by atoms with Gasteiger partial charge in [0.05, 0.1) is 23.9 Å². The third kappa shape index (κ3) is 4.29. The minimum atomic E-state index is -0.0835. The van der Waals surface area contributed by atoms with E-state index in [1.165, 1.54) is 5.69 Å². The molecule has 1 atom stereocenters. The van der Waals surface area contributed by atoms with E-state index in [-0.39, 0.29) is 11.8 Å². The summed E-state index contributed by atoms with van der Waals surface area (Å²) in [4.78, 5) is 14.9. The van der Waals surface area contributed by atoms with Crippen LogP contribution in [-0.4, -0.2) is 52.0 Å². The normalized spacial score (nSPS) is 18.0. The van der Waals surface area contributed by atoms with E-state index in [2.05, 4.69) is 38.2 Å². The molecule has 3 heterocycles. The maximum Gasteiger partial charge on any atom is 0.226 e. The molecule has 3 rings (SSSR count). The number of carbonyl (C=O) groups is 1. The second kappa shape index (κ2) is 7.84. The summed E-state index contributed by atoms with van der Waals surface area (Å²) >= 11 is 0. The van der Waals surface area contributed by atoms with Gasteiger partial charge >= 0.3 is 0 Å². The zero-order valence-corrected chi connectivity index (χ0v) is 15.2. The molecule has 0 aromatic carbocycles. The van der Waals surface area contributed by atoms with Gasteiger partial charge in [0, 0.05) is 58.8 Å². The molecule has 7 heteroatoms. The molecule has 0 bridgehead atoms. The van der Waals surface area contributed by atoms with Crippen molar-refractivity contribution in [2.45, 2.75) is 26.6 Å². The van der Waals surface area contributed by atoms with Crippen LogP contribution in [-0.2, 0) is 36.2 Å². The fourth-order valence-electron chi connectivity index (χ4n) is 3.42. The molecule has 25 heavy (non-hydrogen) atoms. The van der Waals surface area contributed by atoms with Crippen molar-refractivity contribution in [2.75, 3.05) is 26.8 Å². The molecule has 7 nitrogen and oxygen atoms in total. The van der Waals surface area contributed by atoms with E-state index < -0.39 is 0 Å². The minimum Gasteiger partial charge on any atom is -0.383 e. The monoisotopic (exact) mass is 345 g/mol. The zero-order chi connectivity index (χ0) is 17.8. The Bertz CT molecular complexity index is 721. The molecule has 2 aromatic heterocycles. The van der Waals surface area contributed by atoms with Crippen molar-refractivity contribution >= 4 is 5.91 Å². The van der Waals surface area contributed by atoms with E-state index in [0.717, 1.165) is 31.0 Å². The lowest BCUT2D eigenvalue weighted by molar-refractivity contribution is -0.126. The second-order valence-corrected chi connectivity index (χ2v) is 6.70. The Balaban J connectivity index is 1.74. The van der Waals surface area contributed by atoms with Gasteiger partial charge in [-0.05, 0) is 25.1 Å². The van der Waals surface area contributed by atoms with Crippen LogP contribution in [0.5, 0.6) is 0 Å². The molecule has 1 aliphatic rings. The number of aromatic nitrogens is 3. The smallest absolute Gasteiger partial charge is 0.226 e. The van der Waals surface area contributed by atoms with Crippen LogP contribution >= 0.6 is 0 Å². The highest BCUT2D eigenvalue weighted by atomic mass is 16.5. The third-order valence-electron chi connectivity index (χ3n) is 4.67. The summed E-state index contributed by atoms with van der Waals surface area (Å²) in [6.07, 6.45) is 2.06. The quantitative estimate of drug-likeness (QED) is 0.791. The summed E-state index contributed by atoms with van der Waals surface area (Å²) < 4.78 is 9.14. The number of aryl methyl sites for hydroxylation is 2. The maximum absolute atomic E-state index is 12.6. The molecular formula is C18H27N5O2. The number of fused-ring (bicyclic) bond motifs is 1. The van der Waals surface area contributed by atoms with E-state index in [9.17, 15) is 4.79 Å². The number of amides is 1. The number of nitrogens with zero attached hydrogens (tertiary/aromatic N) is 4. The molecule has 0 unspecified atom stereocenters. The van der Waals surface area contributed by atoms with Crippen molar-refractivity contribution in [3.63, 3.8) is 0 Å². The summed E-state index contributed by atoms with van der Waals surface area (Å²) in [6, 6.07) is 6.29. The number of ether oxygens (including phenoxy) is 1. The van der Waals surface area contributed by atoms with Crippen molar-refractivity contribution in [3.8, 4) is 0 Å². The van der Waals surface area contributed by atoms with Gasteiger partial charge < -0.3 is 14.6 Å². The lowest BCUT2D eigenvalue weighted by atomic mass is 10.1. The average Bonchev–Trinajstić information content (AvgIpc) is 3.08. The molecule has 1 amide bonds. The Kier molecular flexibility index (Phi) is 5.55. The van der Waals surface area contributed by atoms with E-state index in [4.69, 9.17) is 4.74 Å². The van der Waals surface area contributed by atoms with Gasteiger partial charge in [-0.3, -0.25) is 14.4 Å². The van der Waals surface area contributed by atoms with Crippen LogP contribution in [0.3, 0.4) is 0 Å². The molecule has 0 saturated carbocycles. The van der Waals surface area contributed by atoms with Gasteiger partial charge in [0.15, 0.2) is 0 Å². The predicted molar refractivity (Wildman–Crippen MR) is 94.9 cm³/mol. The summed E-state index contributed by atoms with van der Waals surface area (Å²) in [6.45, 7) is 6.13. The fourth-order valence-corrected chi connectivity index (χ4v) is 3.42. The molecule has 2 aromatic rings. The lowest BCUT2D eigenvalue weighted by Crippen LogP contribution is -2.40. The van der Waals surface area contributed by atoms with Crippen LogP contribution in [0.1, 0.15) is 17.1 Å². The van der Waals surface area contributed by atoms with E-state index in [0.29, 0.717) is 19.7 Å². The first-order chi connectivity index (χ1) is 12.1. The van der Waals surface area contributed by atoms with Gasteiger partial charge in [0.1, 0.15) is 0 Å². The van der Waals surface area contributed by atoms with Crippen molar-refractivity contribution in [2.24, 2.45) is 13.0 Å². The Morgan fingerprint density at radius 1 is 1.44 bits per heavy atom. The molecule has 0 saturated heterocycles. The summed E-state index contributed by atoms with van der Waals surface area (Å²) in [7, 11) is 3.61. The van der Waals surface area contributed by atoms with Crippen LogP contribution in [0.15, 0.2) is 24.4 Å². The molecular weight excluding hydrogens is 318 g/mol. The van der Waals surface area contributed by atoms with Crippen molar-refractivity contribution in [1.29, 1.82) is 0 Å². The highest BCUT2D eigenvalue weighted by Gasteiger charge is 2.27. The topological polar surface area (TPSA) is 64.3 Å². The van der Waals surface area contributed by atoms with E-state index in [1.807, 2.05) is 24.7 Å². The number of methoxy groups -OCH3 is 1. The average molecular weight is 345 g/mol. The van der Waals surface area contributed by atoms with Gasteiger partial charge in [-0.25, -0.2) is 0 Å². The molecule has 136 valence electrons. The van der Waals surface area contributed by atoms with Crippen LogP contribution in [0, 0.1) is 12.8 Å². The number of rotatable bonds is 6. The molecule has 0 spiro atoms. The summed E-state index contributed by atoms with van der Waals surface area (Å²) in [5.74, 6) is 0.00428. The third-order valence-corrected chi connectivity index (χ3v) is 4.67. The Morgan fingerprint density at radius 2 is 2.28 bits per heavy atom. The summed E-state index contributed by atoms with van der Waals surface area (Å²) in [5, 5.41) is 7.41. The number of hydrogen-bond donors (Lipinski definition) is 1. The van der Waals surface area contributed by atoms with Crippen molar-refractivity contribution < 1.29 is 9.53 Å². The first-order valence-corrected chi connectivity index (χ1v) is 8.69. The van der Waals surface area contributed by atoms with Crippen molar-refractivity contribution in [1.82, 2.24) is 24.6 Å². The lowest BCUT2D eigenvalue weighted by Gasteiger charge is -2.23. The number of hydrogen-bond acceptors (Lipinski definition) is 4. The number of nitrogens with one attached hydrogen (secondary N) is 1. The van der Waals surface area contributed by atoms with Crippen LogP contribution in [0.4, 0.5) is 0 Å².